The summed E-state index contributed by atoms with van der Waals surface area (Å²) in [6.45, 7) is 6.52. The van der Waals surface area contributed by atoms with Gasteiger partial charge in [-0.25, -0.2) is 0 Å². The maximum atomic E-state index is 2.33. The smallest absolute Gasteiger partial charge is 0.0365 e. The van der Waals surface area contributed by atoms with E-state index >= 15 is 0 Å². The zero-order valence-corrected chi connectivity index (χ0v) is 7.96. The molecule has 0 aliphatic rings. The SMILES string of the molecule is CCN(CC)c1ccccc1.N. The van der Waals surface area contributed by atoms with Crippen molar-refractivity contribution in [3.8, 4) is 0 Å². The van der Waals surface area contributed by atoms with Crippen molar-refractivity contribution in [3.63, 3.8) is 0 Å². The van der Waals surface area contributed by atoms with E-state index in [1.165, 1.54) is 5.69 Å². The second-order valence-corrected chi connectivity index (χ2v) is 2.51. The lowest BCUT2D eigenvalue weighted by atomic mass is 10.3. The van der Waals surface area contributed by atoms with Crippen molar-refractivity contribution in [2.75, 3.05) is 18.0 Å². The first-order valence-electron chi connectivity index (χ1n) is 4.18. The van der Waals surface area contributed by atoms with Gasteiger partial charge in [0.05, 0.1) is 0 Å². The number of anilines is 1. The average molecular weight is 166 g/mol. The summed E-state index contributed by atoms with van der Waals surface area (Å²) in [5, 5.41) is 0. The van der Waals surface area contributed by atoms with E-state index in [0.29, 0.717) is 0 Å². The Morgan fingerprint density at radius 3 is 1.92 bits per heavy atom. The average Bonchev–Trinajstić information content (AvgIpc) is 2.09. The molecule has 0 unspecified atom stereocenters. The van der Waals surface area contributed by atoms with Crippen LogP contribution in [0.4, 0.5) is 5.69 Å². The molecule has 0 heterocycles. The van der Waals surface area contributed by atoms with Crippen LogP contribution in [0.2, 0.25) is 0 Å². The van der Waals surface area contributed by atoms with Crippen molar-refractivity contribution < 1.29 is 0 Å². The van der Waals surface area contributed by atoms with E-state index in [-0.39, 0.29) is 6.15 Å². The standard InChI is InChI=1S/C10H15N.H3N/c1-3-11(4-2)10-8-6-5-7-9-10;/h5-9H,3-4H2,1-2H3;1H3. The monoisotopic (exact) mass is 166 g/mol. The van der Waals surface area contributed by atoms with Gasteiger partial charge in [-0.2, -0.15) is 0 Å². The number of benzene rings is 1. The summed E-state index contributed by atoms with van der Waals surface area (Å²) in [5.41, 5.74) is 1.32. The minimum atomic E-state index is 0. The maximum absolute atomic E-state index is 2.33. The van der Waals surface area contributed by atoms with Crippen molar-refractivity contribution >= 4 is 5.69 Å². The van der Waals surface area contributed by atoms with Crippen LogP contribution < -0.4 is 11.1 Å². The fourth-order valence-electron chi connectivity index (χ4n) is 1.23. The van der Waals surface area contributed by atoms with Gasteiger partial charge >= 0.3 is 0 Å². The molecule has 2 nitrogen and oxygen atoms in total. The fourth-order valence-corrected chi connectivity index (χ4v) is 1.23. The Balaban J connectivity index is 0.00000121. The van der Waals surface area contributed by atoms with Gasteiger partial charge in [-0.05, 0) is 26.0 Å². The number of nitrogens with zero attached hydrogens (tertiary/aromatic N) is 1. The highest BCUT2D eigenvalue weighted by atomic mass is 15.1. The molecule has 0 aliphatic heterocycles. The Kier molecular flexibility index (Phi) is 5.13. The number of rotatable bonds is 3. The van der Waals surface area contributed by atoms with Crippen molar-refractivity contribution in [1.82, 2.24) is 6.15 Å². The van der Waals surface area contributed by atoms with Crippen molar-refractivity contribution in [2.24, 2.45) is 0 Å². The topological polar surface area (TPSA) is 38.2 Å². The first-order chi connectivity index (χ1) is 5.38. The number of para-hydroxylation sites is 1. The summed E-state index contributed by atoms with van der Waals surface area (Å²) < 4.78 is 0. The lowest BCUT2D eigenvalue weighted by Gasteiger charge is -2.20. The molecule has 0 aromatic heterocycles. The fraction of sp³-hybridized carbons (Fsp3) is 0.400. The molecule has 0 radical (unpaired) electrons. The molecule has 2 heteroatoms. The quantitative estimate of drug-likeness (QED) is 0.749. The third kappa shape index (κ3) is 2.55. The van der Waals surface area contributed by atoms with Crippen LogP contribution in [0.5, 0.6) is 0 Å². The third-order valence-electron chi connectivity index (χ3n) is 1.88. The van der Waals surface area contributed by atoms with Gasteiger partial charge in [-0.15, -0.1) is 0 Å². The minimum absolute atomic E-state index is 0. The molecule has 12 heavy (non-hydrogen) atoms. The Morgan fingerprint density at radius 1 is 1.00 bits per heavy atom. The van der Waals surface area contributed by atoms with E-state index in [1.54, 1.807) is 0 Å². The molecule has 1 aromatic rings. The second kappa shape index (κ2) is 5.61. The van der Waals surface area contributed by atoms with Gasteiger partial charge in [0.1, 0.15) is 0 Å². The van der Waals surface area contributed by atoms with E-state index < -0.39 is 0 Å². The molecule has 68 valence electrons. The predicted octanol–water partition coefficient (Wildman–Crippen LogP) is 2.69. The third-order valence-corrected chi connectivity index (χ3v) is 1.88. The first kappa shape index (κ1) is 11.0. The van der Waals surface area contributed by atoms with Gasteiger partial charge in [0.25, 0.3) is 0 Å². The van der Waals surface area contributed by atoms with Crippen molar-refractivity contribution in [3.05, 3.63) is 30.3 Å². The highest BCUT2D eigenvalue weighted by Gasteiger charge is 1.97. The summed E-state index contributed by atoms with van der Waals surface area (Å²) in [7, 11) is 0. The van der Waals surface area contributed by atoms with E-state index in [2.05, 4.69) is 43.0 Å². The molecule has 0 fully saturated rings. The van der Waals surface area contributed by atoms with Crippen LogP contribution >= 0.6 is 0 Å². The summed E-state index contributed by atoms with van der Waals surface area (Å²) in [6, 6.07) is 10.5. The molecule has 0 saturated heterocycles. The lowest BCUT2D eigenvalue weighted by molar-refractivity contribution is 0.866. The summed E-state index contributed by atoms with van der Waals surface area (Å²) in [5.74, 6) is 0. The first-order valence-corrected chi connectivity index (χ1v) is 4.18. The van der Waals surface area contributed by atoms with Gasteiger partial charge in [0, 0.05) is 18.8 Å². The molecule has 0 atom stereocenters. The van der Waals surface area contributed by atoms with Crippen LogP contribution in [0.25, 0.3) is 0 Å². The Bertz CT molecular complexity index is 192. The Hall–Kier alpha value is -1.02. The predicted molar refractivity (Wildman–Crippen MR) is 55.0 cm³/mol. The maximum Gasteiger partial charge on any atom is 0.0365 e. The number of hydrogen-bond donors (Lipinski definition) is 1. The van der Waals surface area contributed by atoms with Gasteiger partial charge in [0.15, 0.2) is 0 Å². The molecule has 1 aromatic carbocycles. The van der Waals surface area contributed by atoms with Gasteiger partial charge in [-0.1, -0.05) is 18.2 Å². The Morgan fingerprint density at radius 2 is 1.50 bits per heavy atom. The summed E-state index contributed by atoms with van der Waals surface area (Å²) in [4.78, 5) is 2.33. The molecule has 0 aliphatic carbocycles. The van der Waals surface area contributed by atoms with Crippen molar-refractivity contribution in [2.45, 2.75) is 13.8 Å². The normalized spacial score (nSPS) is 8.83. The van der Waals surface area contributed by atoms with E-state index in [1.807, 2.05) is 6.07 Å². The van der Waals surface area contributed by atoms with Crippen LogP contribution in [0.1, 0.15) is 13.8 Å². The molecule has 3 N–H and O–H groups in total. The van der Waals surface area contributed by atoms with Crippen LogP contribution in [0.3, 0.4) is 0 Å². The van der Waals surface area contributed by atoms with Gasteiger partial charge in [-0.3, -0.25) is 0 Å². The molecular formula is C10H18N2. The zero-order chi connectivity index (χ0) is 8.10. The van der Waals surface area contributed by atoms with Crippen LogP contribution in [-0.4, -0.2) is 13.1 Å². The highest BCUT2D eigenvalue weighted by Crippen LogP contribution is 2.11. The zero-order valence-electron chi connectivity index (χ0n) is 7.96. The molecule has 0 bridgehead atoms. The summed E-state index contributed by atoms with van der Waals surface area (Å²) >= 11 is 0. The molecule has 0 saturated carbocycles. The Labute approximate surface area is 74.8 Å². The van der Waals surface area contributed by atoms with Crippen LogP contribution in [0.15, 0.2) is 30.3 Å². The minimum Gasteiger partial charge on any atom is -0.372 e. The van der Waals surface area contributed by atoms with Gasteiger partial charge in [0.2, 0.25) is 0 Å². The summed E-state index contributed by atoms with van der Waals surface area (Å²) in [6.07, 6.45) is 0. The van der Waals surface area contributed by atoms with E-state index in [4.69, 9.17) is 0 Å². The lowest BCUT2D eigenvalue weighted by Crippen LogP contribution is -2.21. The van der Waals surface area contributed by atoms with Crippen molar-refractivity contribution in [1.29, 1.82) is 0 Å². The highest BCUT2D eigenvalue weighted by molar-refractivity contribution is 5.45. The molecule has 1 rings (SSSR count). The van der Waals surface area contributed by atoms with Gasteiger partial charge < -0.3 is 11.1 Å². The van der Waals surface area contributed by atoms with Crippen LogP contribution in [-0.2, 0) is 0 Å². The number of hydrogen-bond acceptors (Lipinski definition) is 2. The molecular weight excluding hydrogens is 148 g/mol. The van der Waals surface area contributed by atoms with E-state index in [0.717, 1.165) is 13.1 Å². The second-order valence-electron chi connectivity index (χ2n) is 2.51. The molecule has 0 amide bonds. The molecule has 0 spiro atoms. The largest absolute Gasteiger partial charge is 0.372 e. The van der Waals surface area contributed by atoms with Crippen LogP contribution in [0, 0.1) is 0 Å². The van der Waals surface area contributed by atoms with E-state index in [9.17, 15) is 0 Å².